The number of hydrogen-bond acceptors (Lipinski definition) is 4. The molecular weight excluding hydrogens is 250 g/mol. The third kappa shape index (κ3) is 2.21. The number of nitrogens with two attached hydrogens (primary N) is 1. The number of benzene rings is 2. The van der Waals surface area contributed by atoms with E-state index in [1.165, 1.54) is 0 Å². The molecule has 4 nitrogen and oxygen atoms in total. The molecule has 0 saturated carbocycles. The van der Waals surface area contributed by atoms with Crippen LogP contribution in [0, 0.1) is 5.92 Å². The second kappa shape index (κ2) is 5.27. The predicted molar refractivity (Wildman–Crippen MR) is 78.8 cm³/mol. The summed E-state index contributed by atoms with van der Waals surface area (Å²) in [4.78, 5) is 17.1. The van der Waals surface area contributed by atoms with Gasteiger partial charge in [-0.25, -0.2) is 10.8 Å². The van der Waals surface area contributed by atoms with E-state index in [0.717, 1.165) is 5.56 Å². The van der Waals surface area contributed by atoms with Crippen molar-refractivity contribution >= 4 is 17.3 Å². The van der Waals surface area contributed by atoms with Crippen LogP contribution in [0.4, 0.5) is 5.69 Å². The van der Waals surface area contributed by atoms with E-state index in [1.54, 1.807) is 0 Å². The summed E-state index contributed by atoms with van der Waals surface area (Å²) < 4.78 is 0. The van der Waals surface area contributed by atoms with Crippen LogP contribution < -0.4 is 11.3 Å². The fraction of sp³-hybridized carbons (Fsp3) is 0.125. The topological polar surface area (TPSA) is 67.5 Å². The molecule has 3 N–H and O–H groups in total. The normalized spacial score (nSPS) is 17.4. The Morgan fingerprint density at radius 1 is 1.05 bits per heavy atom. The van der Waals surface area contributed by atoms with Gasteiger partial charge in [0.25, 0.3) is 0 Å². The maximum atomic E-state index is 12.6. The highest BCUT2D eigenvalue weighted by molar-refractivity contribution is 6.17. The first-order chi connectivity index (χ1) is 9.79. The van der Waals surface area contributed by atoms with E-state index in [9.17, 15) is 4.79 Å². The second-order valence-electron chi connectivity index (χ2n) is 4.77. The minimum absolute atomic E-state index is 0.0624. The number of carbonyl (C=O) groups is 1. The number of nitrogens with zero attached hydrogens (tertiary/aromatic N) is 1. The molecule has 1 aliphatic heterocycles. The van der Waals surface area contributed by atoms with Crippen LogP contribution in [0.25, 0.3) is 0 Å². The first-order valence-corrected chi connectivity index (χ1v) is 6.52. The standard InChI is InChI=1S/C16H15N3O/c17-19-16-13(10-11-6-2-1-3-7-11)15(20)12-8-4-5-9-14(12)18-16/h1-9,13H,10,17H2,(H,18,19). The maximum absolute atomic E-state index is 12.6. The molecule has 0 amide bonds. The molecule has 1 unspecified atom stereocenters. The number of rotatable bonds is 2. The van der Waals surface area contributed by atoms with Crippen LogP contribution in [0.1, 0.15) is 15.9 Å². The van der Waals surface area contributed by atoms with Gasteiger partial charge in [0, 0.05) is 5.56 Å². The van der Waals surface area contributed by atoms with Gasteiger partial charge in [0.05, 0.1) is 11.6 Å². The molecule has 4 heteroatoms. The van der Waals surface area contributed by atoms with E-state index in [-0.39, 0.29) is 11.7 Å². The van der Waals surface area contributed by atoms with Crippen molar-refractivity contribution in [3.63, 3.8) is 0 Å². The van der Waals surface area contributed by atoms with Crippen LogP contribution in [-0.4, -0.2) is 11.6 Å². The summed E-state index contributed by atoms with van der Waals surface area (Å²) >= 11 is 0. The number of amidine groups is 1. The number of hydrogen-bond donors (Lipinski definition) is 2. The van der Waals surface area contributed by atoms with E-state index in [2.05, 4.69) is 10.4 Å². The lowest BCUT2D eigenvalue weighted by atomic mass is 9.87. The first kappa shape index (κ1) is 12.6. The Morgan fingerprint density at radius 2 is 1.75 bits per heavy atom. The van der Waals surface area contributed by atoms with Gasteiger partial charge in [0.1, 0.15) is 5.84 Å². The van der Waals surface area contributed by atoms with Crippen molar-refractivity contribution < 1.29 is 4.79 Å². The predicted octanol–water partition coefficient (Wildman–Crippen LogP) is 2.24. The molecule has 1 heterocycles. The molecule has 0 fully saturated rings. The highest BCUT2D eigenvalue weighted by Gasteiger charge is 2.31. The Morgan fingerprint density at radius 3 is 2.50 bits per heavy atom. The number of para-hydroxylation sites is 1. The third-order valence-electron chi connectivity index (χ3n) is 3.49. The molecular formula is C16H15N3O. The summed E-state index contributed by atoms with van der Waals surface area (Å²) in [5.74, 6) is 5.77. The highest BCUT2D eigenvalue weighted by atomic mass is 16.1. The fourth-order valence-corrected chi connectivity index (χ4v) is 2.47. The smallest absolute Gasteiger partial charge is 0.175 e. The van der Waals surface area contributed by atoms with E-state index in [4.69, 9.17) is 5.84 Å². The molecule has 1 atom stereocenters. The lowest BCUT2D eigenvalue weighted by Crippen LogP contribution is -2.42. The fourth-order valence-electron chi connectivity index (χ4n) is 2.47. The van der Waals surface area contributed by atoms with Crippen molar-refractivity contribution in [2.75, 3.05) is 0 Å². The van der Waals surface area contributed by atoms with Crippen LogP contribution in [0.15, 0.2) is 59.6 Å². The number of hydrazine groups is 1. The number of Topliss-reactive ketones (excluding diaryl/α,β-unsaturated/α-hetero) is 1. The summed E-state index contributed by atoms with van der Waals surface area (Å²) in [6.07, 6.45) is 0.594. The van der Waals surface area contributed by atoms with Crippen LogP contribution in [0.2, 0.25) is 0 Å². The molecule has 20 heavy (non-hydrogen) atoms. The quantitative estimate of drug-likeness (QED) is 0.646. The molecule has 0 aromatic heterocycles. The van der Waals surface area contributed by atoms with Crippen molar-refractivity contribution in [3.8, 4) is 0 Å². The maximum Gasteiger partial charge on any atom is 0.175 e. The summed E-state index contributed by atoms with van der Waals surface area (Å²) in [6.45, 7) is 0. The Labute approximate surface area is 117 Å². The lowest BCUT2D eigenvalue weighted by molar-refractivity contribution is 0.0950. The first-order valence-electron chi connectivity index (χ1n) is 6.52. The Balaban J connectivity index is 1.98. The van der Waals surface area contributed by atoms with Crippen molar-refractivity contribution in [2.45, 2.75) is 6.42 Å². The van der Waals surface area contributed by atoms with Crippen molar-refractivity contribution in [1.29, 1.82) is 0 Å². The van der Waals surface area contributed by atoms with Gasteiger partial charge in [-0.1, -0.05) is 42.5 Å². The molecule has 2 aromatic rings. The average molecular weight is 265 g/mol. The molecule has 2 aromatic carbocycles. The minimum Gasteiger partial charge on any atom is -0.311 e. The Hall–Kier alpha value is -2.46. The zero-order chi connectivity index (χ0) is 13.9. The molecule has 1 aliphatic rings. The van der Waals surface area contributed by atoms with E-state index in [1.807, 2.05) is 54.6 Å². The van der Waals surface area contributed by atoms with E-state index < -0.39 is 0 Å². The van der Waals surface area contributed by atoms with E-state index in [0.29, 0.717) is 23.5 Å². The van der Waals surface area contributed by atoms with Crippen molar-refractivity contribution in [2.24, 2.45) is 16.8 Å². The van der Waals surface area contributed by atoms with Crippen LogP contribution in [0.5, 0.6) is 0 Å². The summed E-state index contributed by atoms with van der Waals surface area (Å²) in [5.41, 5.74) is 5.00. The summed E-state index contributed by atoms with van der Waals surface area (Å²) in [7, 11) is 0. The van der Waals surface area contributed by atoms with Gasteiger partial charge in [-0.2, -0.15) is 0 Å². The monoisotopic (exact) mass is 265 g/mol. The molecule has 0 radical (unpaired) electrons. The number of ketones is 1. The van der Waals surface area contributed by atoms with E-state index >= 15 is 0 Å². The van der Waals surface area contributed by atoms with Crippen molar-refractivity contribution in [3.05, 3.63) is 65.7 Å². The SMILES string of the molecule is NNC1=Nc2ccccc2C(=O)C1Cc1ccccc1. The molecule has 0 spiro atoms. The molecule has 0 bridgehead atoms. The largest absolute Gasteiger partial charge is 0.311 e. The Kier molecular flexibility index (Phi) is 3.31. The van der Waals surface area contributed by atoms with Crippen LogP contribution in [-0.2, 0) is 6.42 Å². The van der Waals surface area contributed by atoms with Gasteiger partial charge < -0.3 is 5.43 Å². The van der Waals surface area contributed by atoms with Crippen molar-refractivity contribution in [1.82, 2.24) is 5.43 Å². The zero-order valence-electron chi connectivity index (χ0n) is 10.9. The number of fused-ring (bicyclic) bond motifs is 1. The summed E-state index contributed by atoms with van der Waals surface area (Å²) in [6, 6.07) is 17.2. The van der Waals surface area contributed by atoms with Gasteiger partial charge >= 0.3 is 0 Å². The molecule has 100 valence electrons. The van der Waals surface area contributed by atoms with Gasteiger partial charge in [-0.15, -0.1) is 0 Å². The number of aliphatic imine (C=N–C) groups is 1. The lowest BCUT2D eigenvalue weighted by Gasteiger charge is -2.23. The van der Waals surface area contributed by atoms with Crippen LogP contribution >= 0.6 is 0 Å². The Bertz CT molecular complexity index is 664. The zero-order valence-corrected chi connectivity index (χ0v) is 10.9. The second-order valence-corrected chi connectivity index (χ2v) is 4.77. The molecule has 0 saturated heterocycles. The summed E-state index contributed by atoms with van der Waals surface area (Å²) in [5, 5.41) is 0. The highest BCUT2D eigenvalue weighted by Crippen LogP contribution is 2.29. The number of carbonyl (C=O) groups excluding carboxylic acids is 1. The van der Waals surface area contributed by atoms with Gasteiger partial charge in [0.15, 0.2) is 5.78 Å². The molecule has 3 rings (SSSR count). The average Bonchev–Trinajstić information content (AvgIpc) is 2.51. The van der Waals surface area contributed by atoms with Gasteiger partial charge in [-0.3, -0.25) is 4.79 Å². The van der Waals surface area contributed by atoms with Gasteiger partial charge in [0.2, 0.25) is 0 Å². The number of nitrogens with one attached hydrogen (secondary N) is 1. The van der Waals surface area contributed by atoms with Gasteiger partial charge in [-0.05, 0) is 24.1 Å². The third-order valence-corrected chi connectivity index (χ3v) is 3.49. The minimum atomic E-state index is -0.350. The van der Waals surface area contributed by atoms with Crippen LogP contribution in [0.3, 0.4) is 0 Å². The molecule has 0 aliphatic carbocycles.